The van der Waals surface area contributed by atoms with E-state index in [0.717, 1.165) is 5.69 Å². The number of halogens is 2. The summed E-state index contributed by atoms with van der Waals surface area (Å²) in [6, 6.07) is 15.0. The number of alkyl halides is 2. The molecule has 1 amide bonds. The van der Waals surface area contributed by atoms with Gasteiger partial charge in [0.25, 0.3) is 5.91 Å². The van der Waals surface area contributed by atoms with Gasteiger partial charge in [0.2, 0.25) is 0 Å². The number of nitrogens with one attached hydrogen (secondary N) is 1. The highest BCUT2D eigenvalue weighted by atomic mass is 19.3. The number of hydrogen-bond donors (Lipinski definition) is 1. The zero-order chi connectivity index (χ0) is 17.6. The van der Waals surface area contributed by atoms with Crippen LogP contribution in [0.15, 0.2) is 60.9 Å². The van der Waals surface area contributed by atoms with Gasteiger partial charge in [-0.25, -0.2) is 0 Å². The monoisotopic (exact) mass is 344 g/mol. The number of para-hydroxylation sites is 1. The van der Waals surface area contributed by atoms with E-state index in [-0.39, 0.29) is 17.9 Å². The van der Waals surface area contributed by atoms with Gasteiger partial charge in [0.05, 0.1) is 6.54 Å². The molecule has 128 valence electrons. The van der Waals surface area contributed by atoms with Crippen LogP contribution in [-0.4, -0.2) is 27.3 Å². The molecular formula is C17H14F2N4O2. The number of hydrogen-bond acceptors (Lipinski definition) is 4. The van der Waals surface area contributed by atoms with Crippen molar-refractivity contribution < 1.29 is 18.3 Å². The minimum Gasteiger partial charge on any atom is -0.435 e. The molecule has 1 heterocycles. The van der Waals surface area contributed by atoms with E-state index < -0.39 is 12.5 Å². The van der Waals surface area contributed by atoms with E-state index >= 15 is 0 Å². The second-order valence-electron chi connectivity index (χ2n) is 5.04. The number of amides is 1. The van der Waals surface area contributed by atoms with Crippen LogP contribution in [0.3, 0.4) is 0 Å². The minimum atomic E-state index is -2.94. The Morgan fingerprint density at radius 3 is 2.72 bits per heavy atom. The number of aromatic nitrogens is 3. The second-order valence-corrected chi connectivity index (χ2v) is 5.04. The highest BCUT2D eigenvalue weighted by molar-refractivity contribution is 5.94. The molecule has 0 fully saturated rings. The van der Waals surface area contributed by atoms with Crippen LogP contribution < -0.4 is 10.1 Å². The molecule has 0 aliphatic heterocycles. The van der Waals surface area contributed by atoms with Gasteiger partial charge < -0.3 is 10.1 Å². The lowest BCUT2D eigenvalue weighted by molar-refractivity contribution is -0.0498. The van der Waals surface area contributed by atoms with Crippen molar-refractivity contribution in [3.8, 4) is 11.4 Å². The molecule has 0 spiro atoms. The summed E-state index contributed by atoms with van der Waals surface area (Å²) in [5.74, 6) is 0.0389. The van der Waals surface area contributed by atoms with Gasteiger partial charge in [-0.3, -0.25) is 9.36 Å². The molecule has 0 saturated heterocycles. The van der Waals surface area contributed by atoms with Crippen molar-refractivity contribution in [2.45, 2.75) is 13.2 Å². The fourth-order valence-electron chi connectivity index (χ4n) is 2.26. The Labute approximate surface area is 142 Å². The fraction of sp³-hybridized carbons (Fsp3) is 0.118. The summed E-state index contributed by atoms with van der Waals surface area (Å²) in [5, 5.41) is 10.5. The third kappa shape index (κ3) is 4.17. The molecule has 0 unspecified atom stereocenters. The van der Waals surface area contributed by atoms with Gasteiger partial charge in [-0.2, -0.15) is 8.78 Å². The van der Waals surface area contributed by atoms with E-state index in [0.29, 0.717) is 5.82 Å². The molecule has 1 aromatic heterocycles. The van der Waals surface area contributed by atoms with Crippen molar-refractivity contribution in [1.29, 1.82) is 0 Å². The molecule has 0 atom stereocenters. The molecule has 2 aromatic carbocycles. The first-order valence-electron chi connectivity index (χ1n) is 7.41. The van der Waals surface area contributed by atoms with Crippen LogP contribution in [-0.2, 0) is 6.54 Å². The van der Waals surface area contributed by atoms with Crippen molar-refractivity contribution in [2.24, 2.45) is 0 Å². The fourth-order valence-corrected chi connectivity index (χ4v) is 2.26. The number of ether oxygens (including phenoxy) is 1. The lowest BCUT2D eigenvalue weighted by atomic mass is 10.2. The van der Waals surface area contributed by atoms with Crippen molar-refractivity contribution >= 4 is 5.91 Å². The van der Waals surface area contributed by atoms with Crippen LogP contribution in [0.25, 0.3) is 5.69 Å². The first kappa shape index (κ1) is 16.6. The number of carbonyl (C=O) groups is 1. The third-order valence-corrected chi connectivity index (χ3v) is 3.38. The van der Waals surface area contributed by atoms with Gasteiger partial charge in [0.1, 0.15) is 12.1 Å². The summed E-state index contributed by atoms with van der Waals surface area (Å²) in [5.41, 5.74) is 1.08. The molecule has 0 aliphatic rings. The molecule has 25 heavy (non-hydrogen) atoms. The maximum atomic E-state index is 12.3. The molecule has 0 radical (unpaired) electrons. The Hall–Kier alpha value is -3.29. The molecule has 0 saturated carbocycles. The lowest BCUT2D eigenvalue weighted by Crippen LogP contribution is -2.24. The van der Waals surface area contributed by atoms with Gasteiger partial charge in [-0.05, 0) is 30.3 Å². The van der Waals surface area contributed by atoms with Crippen LogP contribution in [0.1, 0.15) is 16.2 Å². The zero-order valence-electron chi connectivity index (χ0n) is 13.0. The molecule has 0 bridgehead atoms. The highest BCUT2D eigenvalue weighted by Crippen LogP contribution is 2.16. The average molecular weight is 344 g/mol. The van der Waals surface area contributed by atoms with Gasteiger partial charge in [-0.1, -0.05) is 24.3 Å². The van der Waals surface area contributed by atoms with Gasteiger partial charge in [0, 0.05) is 11.3 Å². The smallest absolute Gasteiger partial charge is 0.387 e. The van der Waals surface area contributed by atoms with Gasteiger partial charge >= 0.3 is 6.61 Å². The molecule has 0 aliphatic carbocycles. The third-order valence-electron chi connectivity index (χ3n) is 3.38. The predicted molar refractivity (Wildman–Crippen MR) is 85.6 cm³/mol. The normalized spacial score (nSPS) is 10.7. The average Bonchev–Trinajstić information content (AvgIpc) is 3.08. The first-order valence-corrected chi connectivity index (χ1v) is 7.41. The van der Waals surface area contributed by atoms with Crippen LogP contribution in [0, 0.1) is 0 Å². The van der Waals surface area contributed by atoms with E-state index in [4.69, 9.17) is 0 Å². The molecule has 3 aromatic rings. The summed E-state index contributed by atoms with van der Waals surface area (Å²) in [4.78, 5) is 12.2. The largest absolute Gasteiger partial charge is 0.435 e. The highest BCUT2D eigenvalue weighted by Gasteiger charge is 2.12. The zero-order valence-corrected chi connectivity index (χ0v) is 13.0. The molecule has 3 rings (SSSR count). The number of carbonyl (C=O) groups excluding carboxylic acids is 1. The Balaban J connectivity index is 1.69. The molecule has 1 N–H and O–H groups in total. The quantitative estimate of drug-likeness (QED) is 0.747. The van der Waals surface area contributed by atoms with Crippen LogP contribution in [0.4, 0.5) is 8.78 Å². The SMILES string of the molecule is O=C(NCc1nncn1-c1ccccc1)c1cccc(OC(F)F)c1. The summed E-state index contributed by atoms with van der Waals surface area (Å²) < 4.78 is 30.5. The maximum Gasteiger partial charge on any atom is 0.387 e. The van der Waals surface area contributed by atoms with Crippen LogP contribution in [0.2, 0.25) is 0 Å². The minimum absolute atomic E-state index is 0.0740. The summed E-state index contributed by atoms with van der Waals surface area (Å²) in [6.07, 6.45) is 1.55. The lowest BCUT2D eigenvalue weighted by Gasteiger charge is -2.09. The topological polar surface area (TPSA) is 69.0 Å². The van der Waals surface area contributed by atoms with Crippen LogP contribution in [0.5, 0.6) is 5.75 Å². The van der Waals surface area contributed by atoms with Crippen molar-refractivity contribution in [3.05, 3.63) is 72.3 Å². The Bertz CT molecular complexity index is 853. The number of rotatable bonds is 6. The number of nitrogens with zero attached hydrogens (tertiary/aromatic N) is 3. The van der Waals surface area contributed by atoms with E-state index in [9.17, 15) is 13.6 Å². The van der Waals surface area contributed by atoms with Crippen molar-refractivity contribution in [2.75, 3.05) is 0 Å². The van der Waals surface area contributed by atoms with Crippen molar-refractivity contribution in [1.82, 2.24) is 20.1 Å². The van der Waals surface area contributed by atoms with Gasteiger partial charge in [-0.15, -0.1) is 10.2 Å². The van der Waals surface area contributed by atoms with E-state index in [2.05, 4.69) is 20.3 Å². The van der Waals surface area contributed by atoms with Gasteiger partial charge in [0.15, 0.2) is 5.82 Å². The molecule has 8 heteroatoms. The maximum absolute atomic E-state index is 12.3. The Morgan fingerprint density at radius 2 is 1.96 bits per heavy atom. The second kappa shape index (κ2) is 7.52. The van der Waals surface area contributed by atoms with E-state index in [1.807, 2.05) is 30.3 Å². The van der Waals surface area contributed by atoms with E-state index in [1.165, 1.54) is 24.3 Å². The number of benzene rings is 2. The summed E-state index contributed by atoms with van der Waals surface area (Å²) in [7, 11) is 0. The summed E-state index contributed by atoms with van der Waals surface area (Å²) >= 11 is 0. The summed E-state index contributed by atoms with van der Waals surface area (Å²) in [6.45, 7) is -2.81. The standard InChI is InChI=1S/C17H14F2N4O2/c18-17(19)25-14-8-4-5-12(9-14)16(24)20-10-15-22-21-11-23(15)13-6-2-1-3-7-13/h1-9,11,17H,10H2,(H,20,24). The van der Waals surface area contributed by atoms with Crippen molar-refractivity contribution in [3.63, 3.8) is 0 Å². The van der Waals surface area contributed by atoms with Crippen LogP contribution >= 0.6 is 0 Å². The predicted octanol–water partition coefficient (Wildman–Crippen LogP) is 2.80. The van der Waals surface area contributed by atoms with E-state index in [1.54, 1.807) is 10.9 Å². The first-order chi connectivity index (χ1) is 12.1. The molecular weight excluding hydrogens is 330 g/mol. The Morgan fingerprint density at radius 1 is 1.16 bits per heavy atom. The molecule has 6 nitrogen and oxygen atoms in total. The Kier molecular flexibility index (Phi) is 4.98.